The number of nitrogens with zero attached hydrogens (tertiary/aromatic N) is 3. The van der Waals surface area contributed by atoms with Crippen LogP contribution in [0.4, 0.5) is 0 Å². The molecule has 0 unspecified atom stereocenters. The van der Waals surface area contributed by atoms with Gasteiger partial charge in [0.05, 0.1) is 16.9 Å². The molecule has 1 aliphatic rings. The zero-order chi connectivity index (χ0) is 17.9. The molecule has 130 valence electrons. The minimum absolute atomic E-state index is 0.252. The highest BCUT2D eigenvalue weighted by atomic mass is 35.5. The summed E-state index contributed by atoms with van der Waals surface area (Å²) in [4.78, 5) is 12.3. The number of rotatable bonds is 4. The number of ketones is 1. The quantitative estimate of drug-likeness (QED) is 0.520. The largest absolute Gasteiger partial charge is 0.486 e. The minimum Gasteiger partial charge on any atom is -0.486 e. The summed E-state index contributed by atoms with van der Waals surface area (Å²) in [6.45, 7) is 0.940. The van der Waals surface area contributed by atoms with Gasteiger partial charge in [-0.25, -0.2) is 4.68 Å². The molecule has 0 aliphatic carbocycles. The Labute approximate surface area is 154 Å². The molecule has 26 heavy (non-hydrogen) atoms. The normalized spacial score (nSPS) is 13.1. The number of allylic oxidation sites excluding steroid dienone is 1. The van der Waals surface area contributed by atoms with E-state index in [0.717, 1.165) is 11.3 Å². The second-order valence-corrected chi connectivity index (χ2v) is 6.02. The van der Waals surface area contributed by atoms with Crippen LogP contribution >= 0.6 is 11.6 Å². The number of aromatic nitrogens is 3. The first-order chi connectivity index (χ1) is 12.7. The maximum absolute atomic E-state index is 12.3. The molecule has 1 aromatic heterocycles. The van der Waals surface area contributed by atoms with Crippen molar-refractivity contribution in [2.24, 2.45) is 0 Å². The van der Waals surface area contributed by atoms with Gasteiger partial charge in [0, 0.05) is 0 Å². The van der Waals surface area contributed by atoms with Crippen LogP contribution in [0.15, 0.2) is 54.7 Å². The van der Waals surface area contributed by atoms with Crippen LogP contribution in [-0.4, -0.2) is 34.0 Å². The zero-order valence-corrected chi connectivity index (χ0v) is 14.4. The minimum atomic E-state index is -0.252. The molecular formula is C19H14ClN3O3. The van der Waals surface area contributed by atoms with Crippen LogP contribution in [0.3, 0.4) is 0 Å². The lowest BCUT2D eigenvalue weighted by Gasteiger charge is -2.19. The van der Waals surface area contributed by atoms with Crippen LogP contribution in [0.5, 0.6) is 11.5 Å². The fraction of sp³-hybridized carbons (Fsp3) is 0.105. The summed E-state index contributed by atoms with van der Waals surface area (Å²) >= 11 is 6.20. The lowest BCUT2D eigenvalue weighted by Crippen LogP contribution is -2.15. The van der Waals surface area contributed by atoms with Gasteiger partial charge in [-0.2, -0.15) is 0 Å². The van der Waals surface area contributed by atoms with Crippen molar-refractivity contribution in [1.29, 1.82) is 0 Å². The first-order valence-electron chi connectivity index (χ1n) is 8.00. The highest BCUT2D eigenvalue weighted by molar-refractivity contribution is 6.32. The van der Waals surface area contributed by atoms with Crippen LogP contribution < -0.4 is 9.47 Å². The van der Waals surface area contributed by atoms with Gasteiger partial charge in [-0.15, -0.1) is 5.10 Å². The van der Waals surface area contributed by atoms with Crippen molar-refractivity contribution < 1.29 is 14.3 Å². The van der Waals surface area contributed by atoms with Gasteiger partial charge in [-0.3, -0.25) is 4.79 Å². The molecule has 6 nitrogen and oxygen atoms in total. The summed E-state index contributed by atoms with van der Waals surface area (Å²) in [6.07, 6.45) is 4.69. The van der Waals surface area contributed by atoms with Gasteiger partial charge in [0.25, 0.3) is 0 Å². The topological polar surface area (TPSA) is 66.2 Å². The molecule has 4 rings (SSSR count). The third kappa shape index (κ3) is 3.32. The fourth-order valence-electron chi connectivity index (χ4n) is 2.57. The molecule has 2 heterocycles. The summed E-state index contributed by atoms with van der Waals surface area (Å²) in [6, 6.07) is 13.0. The van der Waals surface area contributed by atoms with Crippen LogP contribution in [0, 0.1) is 0 Å². The van der Waals surface area contributed by atoms with E-state index < -0.39 is 0 Å². The molecular weight excluding hydrogens is 354 g/mol. The molecule has 0 amide bonds. The average molecular weight is 368 g/mol. The van der Waals surface area contributed by atoms with E-state index in [1.807, 2.05) is 30.3 Å². The monoisotopic (exact) mass is 367 g/mol. The van der Waals surface area contributed by atoms with Crippen molar-refractivity contribution in [1.82, 2.24) is 15.0 Å². The van der Waals surface area contributed by atoms with E-state index in [4.69, 9.17) is 21.1 Å². The number of carbonyl (C=O) groups is 1. The standard InChI is InChI=1S/C19H14ClN3O3/c20-15-10-13(11-18-19(15)26-9-8-25-18)6-7-17(24)16-12-23(22-21-16)14-4-2-1-3-5-14/h1-7,10-12H,8-9H2. The number of benzene rings is 2. The highest BCUT2D eigenvalue weighted by Crippen LogP contribution is 2.38. The Hall–Kier alpha value is -3.12. The number of carbonyl (C=O) groups excluding carboxylic acids is 1. The van der Waals surface area contributed by atoms with Crippen LogP contribution in [0.1, 0.15) is 16.1 Å². The van der Waals surface area contributed by atoms with Crippen molar-refractivity contribution >= 4 is 23.5 Å². The Kier molecular flexibility index (Phi) is 4.41. The van der Waals surface area contributed by atoms with E-state index in [9.17, 15) is 4.79 Å². The molecule has 3 aromatic rings. The summed E-state index contributed by atoms with van der Waals surface area (Å²) < 4.78 is 12.6. The van der Waals surface area contributed by atoms with Crippen LogP contribution in [0.25, 0.3) is 11.8 Å². The summed E-state index contributed by atoms with van der Waals surface area (Å²) in [7, 11) is 0. The van der Waals surface area contributed by atoms with E-state index in [1.54, 1.807) is 29.1 Å². The predicted molar refractivity (Wildman–Crippen MR) is 97.2 cm³/mol. The van der Waals surface area contributed by atoms with E-state index in [2.05, 4.69) is 10.3 Å². The van der Waals surface area contributed by atoms with Gasteiger partial charge in [0.15, 0.2) is 17.2 Å². The smallest absolute Gasteiger partial charge is 0.207 e. The molecule has 7 heteroatoms. The SMILES string of the molecule is O=C(C=Cc1cc(Cl)c2c(c1)OCCO2)c1cn(-c2ccccc2)nn1. The van der Waals surface area contributed by atoms with Crippen molar-refractivity contribution in [3.63, 3.8) is 0 Å². The molecule has 0 radical (unpaired) electrons. The number of hydrogen-bond donors (Lipinski definition) is 0. The number of hydrogen-bond acceptors (Lipinski definition) is 5. The second kappa shape index (κ2) is 7.01. The summed E-state index contributed by atoms with van der Waals surface area (Å²) in [5, 5.41) is 8.37. The summed E-state index contributed by atoms with van der Waals surface area (Å²) in [5.41, 5.74) is 1.83. The lowest BCUT2D eigenvalue weighted by atomic mass is 10.1. The van der Waals surface area contributed by atoms with Gasteiger partial charge in [-0.05, 0) is 35.9 Å². The summed E-state index contributed by atoms with van der Waals surface area (Å²) in [5.74, 6) is 0.858. The lowest BCUT2D eigenvalue weighted by molar-refractivity contribution is 0.104. The predicted octanol–water partition coefficient (Wildman–Crippen LogP) is 3.59. The molecule has 0 fully saturated rings. The molecule has 0 spiro atoms. The molecule has 2 aromatic carbocycles. The van der Waals surface area contributed by atoms with E-state index in [0.29, 0.717) is 29.7 Å². The Bertz CT molecular complexity index is 983. The van der Waals surface area contributed by atoms with E-state index >= 15 is 0 Å². The van der Waals surface area contributed by atoms with Gasteiger partial charge >= 0.3 is 0 Å². The molecule has 0 saturated carbocycles. The molecule has 1 aliphatic heterocycles. The van der Waals surface area contributed by atoms with E-state index in [-0.39, 0.29) is 11.5 Å². The molecule has 0 N–H and O–H groups in total. The first-order valence-corrected chi connectivity index (χ1v) is 8.38. The number of ether oxygens (including phenoxy) is 2. The van der Waals surface area contributed by atoms with Crippen molar-refractivity contribution in [2.45, 2.75) is 0 Å². The third-order valence-electron chi connectivity index (χ3n) is 3.81. The van der Waals surface area contributed by atoms with Gasteiger partial charge in [-0.1, -0.05) is 41.1 Å². The molecule has 0 saturated heterocycles. The van der Waals surface area contributed by atoms with Gasteiger partial charge < -0.3 is 9.47 Å². The average Bonchev–Trinajstić information content (AvgIpc) is 3.17. The number of fused-ring (bicyclic) bond motifs is 1. The Balaban J connectivity index is 1.53. The molecule has 0 atom stereocenters. The van der Waals surface area contributed by atoms with Crippen molar-refractivity contribution in [3.05, 3.63) is 71.0 Å². The molecule has 0 bridgehead atoms. The third-order valence-corrected chi connectivity index (χ3v) is 4.09. The Morgan fingerprint density at radius 2 is 1.96 bits per heavy atom. The fourth-order valence-corrected chi connectivity index (χ4v) is 2.84. The first kappa shape index (κ1) is 16.4. The Morgan fingerprint density at radius 1 is 1.15 bits per heavy atom. The zero-order valence-electron chi connectivity index (χ0n) is 13.6. The van der Waals surface area contributed by atoms with Crippen LogP contribution in [-0.2, 0) is 0 Å². The van der Waals surface area contributed by atoms with Crippen molar-refractivity contribution in [2.75, 3.05) is 13.2 Å². The maximum atomic E-state index is 12.3. The number of halogens is 1. The highest BCUT2D eigenvalue weighted by Gasteiger charge is 2.16. The van der Waals surface area contributed by atoms with Gasteiger partial charge in [0.2, 0.25) is 5.78 Å². The van der Waals surface area contributed by atoms with Gasteiger partial charge in [0.1, 0.15) is 13.2 Å². The van der Waals surface area contributed by atoms with Crippen LogP contribution in [0.2, 0.25) is 5.02 Å². The van der Waals surface area contributed by atoms with E-state index in [1.165, 1.54) is 6.08 Å². The Morgan fingerprint density at radius 3 is 2.81 bits per heavy atom. The maximum Gasteiger partial charge on any atom is 0.207 e. The second-order valence-electron chi connectivity index (χ2n) is 5.61. The van der Waals surface area contributed by atoms with Crippen molar-refractivity contribution in [3.8, 4) is 17.2 Å². The number of para-hydroxylation sites is 1.